The zero-order chi connectivity index (χ0) is 12.8. The van der Waals surface area contributed by atoms with E-state index in [0.717, 1.165) is 0 Å². The van der Waals surface area contributed by atoms with Crippen molar-refractivity contribution in [3.63, 3.8) is 0 Å². The Bertz CT molecular complexity index is 779. The van der Waals surface area contributed by atoms with Crippen LogP contribution in [0.3, 0.4) is 0 Å². The average Bonchev–Trinajstić information content (AvgIpc) is 2.47. The zero-order valence-electron chi connectivity index (χ0n) is 10.6. The van der Waals surface area contributed by atoms with Crippen molar-refractivity contribution in [2.24, 2.45) is 0 Å². The first-order chi connectivity index (χ1) is 9.34. The Kier molecular flexibility index (Phi) is 2.32. The lowest BCUT2D eigenvalue weighted by atomic mass is 10.1. The molecule has 0 N–H and O–H groups in total. The van der Waals surface area contributed by atoms with Gasteiger partial charge in [0, 0.05) is 22.2 Å². The maximum atomic E-state index is 2.31. The predicted molar refractivity (Wildman–Crippen MR) is 82.6 cm³/mol. The number of hydrogen-bond acceptors (Lipinski definition) is 2. The number of para-hydroxylation sites is 1. The lowest BCUT2D eigenvalue weighted by Crippen LogP contribution is -2.14. The number of nitrogens with zero attached hydrogens (tertiary/aromatic N) is 1. The van der Waals surface area contributed by atoms with Gasteiger partial charge in [0.25, 0.3) is 0 Å². The molecule has 19 heavy (non-hydrogen) atoms. The molecule has 0 fully saturated rings. The molecule has 0 bridgehead atoms. The Morgan fingerprint density at radius 2 is 1.58 bits per heavy atom. The van der Waals surface area contributed by atoms with E-state index in [2.05, 4.69) is 72.6 Å². The van der Waals surface area contributed by atoms with Crippen molar-refractivity contribution in [2.75, 3.05) is 11.9 Å². The molecule has 3 aromatic carbocycles. The van der Waals surface area contributed by atoms with Crippen LogP contribution in [-0.2, 0) is 0 Å². The monoisotopic (exact) mass is 263 g/mol. The maximum absolute atomic E-state index is 2.31. The van der Waals surface area contributed by atoms with E-state index in [1.54, 1.807) is 0 Å². The third kappa shape index (κ3) is 1.57. The van der Waals surface area contributed by atoms with E-state index in [4.69, 9.17) is 0 Å². The summed E-state index contributed by atoms with van der Waals surface area (Å²) in [5.41, 5.74) is 2.61. The lowest BCUT2D eigenvalue weighted by molar-refractivity contribution is 1.12. The molecule has 0 amide bonds. The van der Waals surface area contributed by atoms with Crippen LogP contribution >= 0.6 is 11.8 Å². The van der Waals surface area contributed by atoms with Crippen LogP contribution in [0.25, 0.3) is 10.8 Å². The third-order valence-corrected chi connectivity index (χ3v) is 4.76. The molecule has 0 saturated heterocycles. The zero-order valence-corrected chi connectivity index (χ0v) is 11.4. The van der Waals surface area contributed by atoms with Gasteiger partial charge in [-0.1, -0.05) is 54.2 Å². The Balaban J connectivity index is 2.04. The van der Waals surface area contributed by atoms with E-state index in [1.165, 1.54) is 31.9 Å². The van der Waals surface area contributed by atoms with E-state index in [9.17, 15) is 0 Å². The van der Waals surface area contributed by atoms with E-state index in [-0.39, 0.29) is 0 Å². The minimum atomic E-state index is 1.29. The summed E-state index contributed by atoms with van der Waals surface area (Å²) >= 11 is 1.86. The van der Waals surface area contributed by atoms with Crippen LogP contribution in [0.15, 0.2) is 70.5 Å². The van der Waals surface area contributed by atoms with Crippen LogP contribution in [0.4, 0.5) is 11.4 Å². The van der Waals surface area contributed by atoms with Crippen LogP contribution in [0, 0.1) is 0 Å². The van der Waals surface area contributed by atoms with Gasteiger partial charge >= 0.3 is 0 Å². The summed E-state index contributed by atoms with van der Waals surface area (Å²) in [5.74, 6) is 0. The van der Waals surface area contributed by atoms with Gasteiger partial charge in [0.1, 0.15) is 0 Å². The first-order valence-electron chi connectivity index (χ1n) is 6.37. The molecule has 1 aliphatic heterocycles. The molecule has 1 heterocycles. The Morgan fingerprint density at radius 1 is 0.789 bits per heavy atom. The van der Waals surface area contributed by atoms with Crippen molar-refractivity contribution >= 4 is 33.9 Å². The number of hydrogen-bond donors (Lipinski definition) is 0. The fourth-order valence-electron chi connectivity index (χ4n) is 2.72. The fraction of sp³-hybridized carbons (Fsp3) is 0.0588. The Morgan fingerprint density at radius 3 is 2.53 bits per heavy atom. The maximum Gasteiger partial charge on any atom is 0.0629 e. The summed E-state index contributed by atoms with van der Waals surface area (Å²) in [4.78, 5) is 4.97. The van der Waals surface area contributed by atoms with Crippen molar-refractivity contribution in [3.05, 3.63) is 60.7 Å². The minimum Gasteiger partial charge on any atom is -0.342 e. The molecular weight excluding hydrogens is 250 g/mol. The smallest absolute Gasteiger partial charge is 0.0629 e. The van der Waals surface area contributed by atoms with Crippen LogP contribution < -0.4 is 4.90 Å². The summed E-state index contributed by atoms with van der Waals surface area (Å²) in [5, 5.41) is 2.62. The molecular formula is C17H13NS. The molecule has 4 rings (SSSR count). The molecule has 92 valence electrons. The van der Waals surface area contributed by atoms with Gasteiger partial charge in [0.05, 0.1) is 11.4 Å². The molecule has 0 unspecified atom stereocenters. The molecule has 3 aromatic rings. The average molecular weight is 263 g/mol. The number of rotatable bonds is 0. The SMILES string of the molecule is CN1c2ccccc2Sc2ccc3ccccc3c21. The minimum absolute atomic E-state index is 1.29. The van der Waals surface area contributed by atoms with Gasteiger partial charge in [-0.2, -0.15) is 0 Å². The van der Waals surface area contributed by atoms with Crippen molar-refractivity contribution in [1.82, 2.24) is 0 Å². The van der Waals surface area contributed by atoms with Crippen molar-refractivity contribution in [3.8, 4) is 0 Å². The molecule has 1 nitrogen and oxygen atoms in total. The van der Waals surface area contributed by atoms with E-state index in [0.29, 0.717) is 0 Å². The van der Waals surface area contributed by atoms with Crippen LogP contribution in [0.1, 0.15) is 0 Å². The number of anilines is 2. The summed E-state index contributed by atoms with van der Waals surface area (Å²) in [6.45, 7) is 0. The van der Waals surface area contributed by atoms with E-state index < -0.39 is 0 Å². The quantitative estimate of drug-likeness (QED) is 0.557. The highest BCUT2D eigenvalue weighted by Gasteiger charge is 2.21. The second-order valence-electron chi connectivity index (χ2n) is 4.76. The summed E-state index contributed by atoms with van der Waals surface area (Å²) < 4.78 is 0. The van der Waals surface area contributed by atoms with Crippen molar-refractivity contribution in [2.45, 2.75) is 9.79 Å². The van der Waals surface area contributed by atoms with Gasteiger partial charge in [0.15, 0.2) is 0 Å². The molecule has 0 radical (unpaired) electrons. The first kappa shape index (κ1) is 10.9. The standard InChI is InChI=1S/C17H13NS/c1-18-14-8-4-5-9-15(14)19-16-11-10-12-6-2-3-7-13(12)17(16)18/h2-11H,1H3. The van der Waals surface area contributed by atoms with Gasteiger partial charge < -0.3 is 4.90 Å². The van der Waals surface area contributed by atoms with Crippen LogP contribution in [-0.4, -0.2) is 7.05 Å². The van der Waals surface area contributed by atoms with Gasteiger partial charge in [-0.25, -0.2) is 0 Å². The highest BCUT2D eigenvalue weighted by Crippen LogP contribution is 2.49. The van der Waals surface area contributed by atoms with E-state index >= 15 is 0 Å². The topological polar surface area (TPSA) is 3.24 Å². The Hall–Kier alpha value is -1.93. The van der Waals surface area contributed by atoms with Gasteiger partial charge in [0.2, 0.25) is 0 Å². The molecule has 0 saturated carbocycles. The van der Waals surface area contributed by atoms with Crippen LogP contribution in [0.2, 0.25) is 0 Å². The van der Waals surface area contributed by atoms with Gasteiger partial charge in [-0.3, -0.25) is 0 Å². The predicted octanol–water partition coefficient (Wildman–Crippen LogP) is 5.07. The third-order valence-electron chi connectivity index (χ3n) is 3.65. The molecule has 0 spiro atoms. The van der Waals surface area contributed by atoms with Gasteiger partial charge in [-0.05, 0) is 23.6 Å². The van der Waals surface area contributed by atoms with Crippen LogP contribution in [0.5, 0.6) is 0 Å². The summed E-state index contributed by atoms with van der Waals surface area (Å²) in [6.07, 6.45) is 0. The number of benzene rings is 3. The number of fused-ring (bicyclic) bond motifs is 4. The fourth-order valence-corrected chi connectivity index (χ4v) is 3.90. The second kappa shape index (κ2) is 4.04. The molecule has 2 heteroatoms. The molecule has 1 aliphatic rings. The highest BCUT2D eigenvalue weighted by molar-refractivity contribution is 7.99. The first-order valence-corrected chi connectivity index (χ1v) is 7.18. The lowest BCUT2D eigenvalue weighted by Gasteiger charge is -2.30. The molecule has 0 aromatic heterocycles. The summed E-state index contributed by atoms with van der Waals surface area (Å²) in [7, 11) is 2.16. The summed E-state index contributed by atoms with van der Waals surface area (Å²) in [6, 6.07) is 21.6. The second-order valence-corrected chi connectivity index (χ2v) is 5.85. The van der Waals surface area contributed by atoms with Crippen molar-refractivity contribution in [1.29, 1.82) is 0 Å². The largest absolute Gasteiger partial charge is 0.342 e. The van der Waals surface area contributed by atoms with Crippen molar-refractivity contribution < 1.29 is 0 Å². The highest BCUT2D eigenvalue weighted by atomic mass is 32.2. The van der Waals surface area contributed by atoms with E-state index in [1.807, 2.05) is 11.8 Å². The molecule has 0 aliphatic carbocycles. The molecule has 0 atom stereocenters. The Labute approximate surface area is 116 Å². The normalized spacial score (nSPS) is 13.2. The van der Waals surface area contributed by atoms with Gasteiger partial charge in [-0.15, -0.1) is 0 Å².